The lowest BCUT2D eigenvalue weighted by Crippen LogP contribution is -2.42. The molecule has 0 aromatic heterocycles. The molecule has 0 saturated carbocycles. The summed E-state index contributed by atoms with van der Waals surface area (Å²) in [5.41, 5.74) is 4.75. The summed E-state index contributed by atoms with van der Waals surface area (Å²) in [4.78, 5) is 39.2. The number of aryl methyl sites for hydroxylation is 1. The number of aliphatic carboxylic acids is 1. The maximum absolute atomic E-state index is 12.8. The van der Waals surface area contributed by atoms with Crippen molar-refractivity contribution in [2.75, 3.05) is 13.1 Å². The molecule has 2 N–H and O–H groups in total. The maximum Gasteiger partial charge on any atom is 0.326 e. The molecular weight excluding hydrogens is 502 g/mol. The van der Waals surface area contributed by atoms with Crippen LogP contribution in [-0.4, -0.2) is 46.9 Å². The first kappa shape index (κ1) is 26.6. The molecule has 0 aliphatic carbocycles. The highest BCUT2D eigenvalue weighted by Crippen LogP contribution is 2.24. The molecule has 1 aliphatic heterocycles. The fourth-order valence-corrected chi connectivity index (χ4v) is 4.77. The van der Waals surface area contributed by atoms with Crippen LogP contribution in [0.1, 0.15) is 49.4 Å². The van der Waals surface area contributed by atoms with E-state index < -0.39 is 17.9 Å². The van der Waals surface area contributed by atoms with Gasteiger partial charge in [-0.05, 0) is 59.9 Å². The van der Waals surface area contributed by atoms with E-state index in [2.05, 4.69) is 11.4 Å². The molecule has 1 aliphatic rings. The Kier molecular flexibility index (Phi) is 8.25. The summed E-state index contributed by atoms with van der Waals surface area (Å²) in [6, 6.07) is 20.3. The average Bonchev–Trinajstić information content (AvgIpc) is 2.92. The van der Waals surface area contributed by atoms with Gasteiger partial charge in [-0.15, -0.1) is 0 Å². The molecule has 0 fully saturated rings. The van der Waals surface area contributed by atoms with E-state index in [1.165, 1.54) is 0 Å². The van der Waals surface area contributed by atoms with Crippen LogP contribution in [0, 0.1) is 18.3 Å². The van der Waals surface area contributed by atoms with E-state index in [1.807, 2.05) is 30.3 Å². The van der Waals surface area contributed by atoms with Crippen molar-refractivity contribution in [1.82, 2.24) is 10.2 Å². The molecule has 2 amide bonds. The fraction of sp³-hybridized carbons (Fsp3) is 0.200. The van der Waals surface area contributed by atoms with Gasteiger partial charge in [-0.2, -0.15) is 5.26 Å². The van der Waals surface area contributed by atoms with Gasteiger partial charge in [-0.3, -0.25) is 9.59 Å². The number of hydrogen-bond donors (Lipinski definition) is 2. The summed E-state index contributed by atoms with van der Waals surface area (Å²) >= 11 is 6.16. The second-order valence-corrected chi connectivity index (χ2v) is 9.53. The predicted octanol–water partition coefficient (Wildman–Crippen LogP) is 4.88. The number of nitrogens with zero attached hydrogens (tertiary/aromatic N) is 2. The van der Waals surface area contributed by atoms with E-state index in [-0.39, 0.29) is 22.9 Å². The Balaban J connectivity index is 1.40. The van der Waals surface area contributed by atoms with Crippen LogP contribution in [0.3, 0.4) is 0 Å². The fourth-order valence-electron chi connectivity index (χ4n) is 4.46. The lowest BCUT2D eigenvalue weighted by molar-refractivity contribution is -0.139. The lowest BCUT2D eigenvalue weighted by Gasteiger charge is -2.27. The van der Waals surface area contributed by atoms with Gasteiger partial charge in [-0.1, -0.05) is 60.1 Å². The summed E-state index contributed by atoms with van der Waals surface area (Å²) in [7, 11) is 0. The monoisotopic (exact) mass is 527 g/mol. The third kappa shape index (κ3) is 6.10. The number of benzene rings is 3. The molecule has 0 unspecified atom stereocenters. The molecule has 3 aromatic carbocycles. The van der Waals surface area contributed by atoms with E-state index >= 15 is 0 Å². The number of carbonyl (C=O) groups excluding carboxylic acids is 2. The minimum atomic E-state index is -1.13. The van der Waals surface area contributed by atoms with Crippen molar-refractivity contribution in [3.63, 3.8) is 0 Å². The predicted molar refractivity (Wildman–Crippen MR) is 145 cm³/mol. The van der Waals surface area contributed by atoms with E-state index in [4.69, 9.17) is 16.9 Å². The maximum atomic E-state index is 12.8. The van der Waals surface area contributed by atoms with Crippen LogP contribution in [-0.2, 0) is 11.2 Å². The molecule has 4 rings (SSSR count). The van der Waals surface area contributed by atoms with Gasteiger partial charge < -0.3 is 15.3 Å². The van der Waals surface area contributed by atoms with Crippen molar-refractivity contribution < 1.29 is 19.5 Å². The van der Waals surface area contributed by atoms with E-state index in [0.29, 0.717) is 36.2 Å². The van der Waals surface area contributed by atoms with Crippen molar-refractivity contribution in [3.8, 4) is 6.07 Å². The largest absolute Gasteiger partial charge is 0.480 e. The zero-order valence-corrected chi connectivity index (χ0v) is 21.5. The van der Waals surface area contributed by atoms with Crippen LogP contribution >= 0.6 is 11.6 Å². The summed E-state index contributed by atoms with van der Waals surface area (Å²) in [5.74, 6) is -1.77. The third-order valence-corrected chi connectivity index (χ3v) is 6.87. The quantitative estimate of drug-likeness (QED) is 0.455. The summed E-state index contributed by atoms with van der Waals surface area (Å²) in [5, 5.41) is 21.6. The Morgan fingerprint density at radius 1 is 1.11 bits per heavy atom. The third-order valence-electron chi connectivity index (χ3n) is 6.55. The second-order valence-electron chi connectivity index (χ2n) is 9.12. The number of carboxylic acids is 1. The zero-order chi connectivity index (χ0) is 27.2. The van der Waals surface area contributed by atoms with Gasteiger partial charge >= 0.3 is 5.97 Å². The van der Waals surface area contributed by atoms with Crippen molar-refractivity contribution in [3.05, 3.63) is 111 Å². The standard InChI is InChI=1S/C30H26ClN3O4/c1-19-4-2-7-25(31)27(19)28(35)33-26(30(37)38)17-20-8-10-22(11-9-20)23-12-14-34(15-13-23)29(36)24-6-3-5-21(16-24)18-32/h2-12,16,26H,13-15,17H2,1H3,(H,33,35)(H,37,38)/t26-/m0/s1. The van der Waals surface area contributed by atoms with Crippen molar-refractivity contribution >= 4 is 35.0 Å². The van der Waals surface area contributed by atoms with Gasteiger partial charge in [0.1, 0.15) is 6.04 Å². The van der Waals surface area contributed by atoms with Crippen LogP contribution in [0.5, 0.6) is 0 Å². The van der Waals surface area contributed by atoms with Crippen molar-refractivity contribution in [1.29, 1.82) is 5.26 Å². The van der Waals surface area contributed by atoms with Crippen molar-refractivity contribution in [2.24, 2.45) is 0 Å². The van der Waals surface area contributed by atoms with E-state index in [0.717, 1.165) is 16.7 Å². The number of nitrogens with one attached hydrogen (secondary N) is 1. The van der Waals surface area contributed by atoms with Crippen molar-refractivity contribution in [2.45, 2.75) is 25.8 Å². The first-order chi connectivity index (χ1) is 18.3. The number of carbonyl (C=O) groups is 3. The zero-order valence-electron chi connectivity index (χ0n) is 20.8. The second kappa shape index (κ2) is 11.8. The Bertz CT molecular complexity index is 1440. The highest BCUT2D eigenvalue weighted by atomic mass is 35.5. The molecule has 1 atom stereocenters. The minimum absolute atomic E-state index is 0.110. The minimum Gasteiger partial charge on any atom is -0.480 e. The Labute approximate surface area is 226 Å². The van der Waals surface area contributed by atoms with Crippen LogP contribution in [0.2, 0.25) is 5.02 Å². The average molecular weight is 528 g/mol. The van der Waals surface area contributed by atoms with Gasteiger partial charge in [0.15, 0.2) is 0 Å². The topological polar surface area (TPSA) is 111 Å². The number of nitriles is 1. The molecule has 0 saturated heterocycles. The lowest BCUT2D eigenvalue weighted by atomic mass is 9.96. The van der Waals surface area contributed by atoms with Gasteiger partial charge in [-0.25, -0.2) is 4.79 Å². The molecule has 0 bridgehead atoms. The molecule has 0 spiro atoms. The molecule has 3 aromatic rings. The molecule has 0 radical (unpaired) electrons. The van der Waals surface area contributed by atoms with Crippen LogP contribution in [0.25, 0.3) is 5.57 Å². The van der Waals surface area contributed by atoms with E-state index in [9.17, 15) is 19.5 Å². The Morgan fingerprint density at radius 2 is 1.84 bits per heavy atom. The Hall–Kier alpha value is -4.41. The van der Waals surface area contributed by atoms with Gasteiger partial charge in [0.05, 0.1) is 22.2 Å². The highest BCUT2D eigenvalue weighted by Gasteiger charge is 2.24. The van der Waals surface area contributed by atoms with Gasteiger partial charge in [0.2, 0.25) is 0 Å². The Morgan fingerprint density at radius 3 is 2.47 bits per heavy atom. The van der Waals surface area contributed by atoms with Crippen LogP contribution < -0.4 is 5.32 Å². The molecule has 192 valence electrons. The number of carboxylic acid groups (broad SMARTS) is 1. The first-order valence-corrected chi connectivity index (χ1v) is 12.5. The SMILES string of the molecule is Cc1cccc(Cl)c1C(=O)N[C@@H](Cc1ccc(C2=CCN(C(=O)c3cccc(C#N)c3)CC2)cc1)C(=O)O. The smallest absolute Gasteiger partial charge is 0.326 e. The number of amides is 2. The number of hydrogen-bond acceptors (Lipinski definition) is 4. The van der Waals surface area contributed by atoms with Crippen LogP contribution in [0.15, 0.2) is 72.8 Å². The highest BCUT2D eigenvalue weighted by molar-refractivity contribution is 6.34. The summed E-state index contributed by atoms with van der Waals surface area (Å²) in [6.07, 6.45) is 2.80. The van der Waals surface area contributed by atoms with Crippen LogP contribution in [0.4, 0.5) is 0 Å². The number of halogens is 1. The van der Waals surface area contributed by atoms with Gasteiger partial charge in [0, 0.05) is 25.1 Å². The van der Waals surface area contributed by atoms with Gasteiger partial charge in [0.25, 0.3) is 11.8 Å². The molecule has 7 nitrogen and oxygen atoms in total. The normalized spacial score (nSPS) is 13.7. The molecule has 1 heterocycles. The number of rotatable bonds is 7. The molecule has 38 heavy (non-hydrogen) atoms. The summed E-state index contributed by atoms with van der Waals surface area (Å²) in [6.45, 7) is 2.76. The molecular formula is C30H26ClN3O4. The first-order valence-electron chi connectivity index (χ1n) is 12.1. The molecule has 8 heteroatoms. The van der Waals surface area contributed by atoms with E-state index in [1.54, 1.807) is 54.3 Å². The summed E-state index contributed by atoms with van der Waals surface area (Å²) < 4.78 is 0.